The van der Waals surface area contributed by atoms with E-state index in [1.807, 2.05) is 22.2 Å². The quantitative estimate of drug-likeness (QED) is 0.510. The minimum Gasteiger partial charge on any atom is -0.750 e. The Kier molecular flexibility index (Phi) is 4.64. The number of aromatic carboxylic acids is 1. The molecule has 0 aliphatic rings. The number of hydrogen-bond acceptors (Lipinski definition) is 3. The van der Waals surface area contributed by atoms with E-state index < -0.39 is 27.0 Å². The number of nitrogens with zero attached hydrogens (tertiary/aromatic N) is 1. The first-order valence-electron chi connectivity index (χ1n) is 5.49. The minimum atomic E-state index is -0.948. The Hall–Kier alpha value is -1.73. The zero-order valence-corrected chi connectivity index (χ0v) is 12.0. The van der Waals surface area contributed by atoms with Crippen LogP contribution in [0.25, 0.3) is 0 Å². The lowest BCUT2D eigenvalue weighted by atomic mass is 10.2. The first-order valence-corrected chi connectivity index (χ1v) is 7.70. The van der Waals surface area contributed by atoms with Crippen molar-refractivity contribution < 1.29 is 9.90 Å². The van der Waals surface area contributed by atoms with Gasteiger partial charge in [0.25, 0.3) is 0 Å². The summed E-state index contributed by atoms with van der Waals surface area (Å²) in [6, 6.07) is 15.6. The molecular weight excluding hydrogens is 357 g/mol. The van der Waals surface area contributed by atoms with E-state index in [0.717, 1.165) is 8.84 Å². The summed E-state index contributed by atoms with van der Waals surface area (Å²) in [6.07, 6.45) is 0. The highest BCUT2D eigenvalue weighted by Crippen LogP contribution is 2.20. The lowest BCUT2D eigenvalue weighted by Gasteiger charge is -2.24. The van der Waals surface area contributed by atoms with Crippen molar-refractivity contribution in [3.8, 4) is 0 Å². The number of halogens is 1. The number of carboxylic acid groups (broad SMARTS) is 1. The largest absolute Gasteiger partial charge is 0.750 e. The molecule has 0 saturated carbocycles. The van der Waals surface area contributed by atoms with Gasteiger partial charge in [-0.3, -0.25) is 0 Å². The van der Waals surface area contributed by atoms with Gasteiger partial charge in [-0.05, 0) is 54.8 Å². The Bertz CT molecular complexity index is 581. The maximum absolute atomic E-state index is 11.8. The molecule has 0 aliphatic heterocycles. The molecule has 0 fully saturated rings. The molecule has 0 aliphatic carbocycles. The van der Waals surface area contributed by atoms with Gasteiger partial charge in [-0.2, -0.15) is 0 Å². The number of para-hydroxylation sites is 1. The summed E-state index contributed by atoms with van der Waals surface area (Å²) in [5, 5.41) is 20.6. The van der Waals surface area contributed by atoms with Crippen molar-refractivity contribution in [1.29, 1.82) is 0 Å². The Morgan fingerprint density at radius 1 is 1.11 bits per heavy atom. The molecule has 2 aromatic rings. The van der Waals surface area contributed by atoms with Crippen LogP contribution in [0.5, 0.6) is 0 Å². The van der Waals surface area contributed by atoms with E-state index in [0.29, 0.717) is 5.69 Å². The van der Waals surface area contributed by atoms with Crippen LogP contribution in [0.15, 0.2) is 54.6 Å². The molecule has 2 rings (SSSR count). The monoisotopic (exact) mass is 368 g/mol. The molecule has 0 bridgehead atoms. The van der Waals surface area contributed by atoms with E-state index in [4.69, 9.17) is 5.11 Å². The predicted octanol–water partition coefficient (Wildman–Crippen LogP) is 3.43. The highest BCUT2D eigenvalue weighted by Gasteiger charge is 2.00. The molecule has 0 aromatic heterocycles. The summed E-state index contributed by atoms with van der Waals surface area (Å²) in [4.78, 5) is 10.7. The molecule has 5 heteroatoms. The summed E-state index contributed by atoms with van der Waals surface area (Å²) < 4.78 is 2.86. The fraction of sp³-hybridized carbons (Fsp3) is 0. The number of hydrogen-bond donors (Lipinski definition) is 1. The Morgan fingerprint density at radius 2 is 1.74 bits per heavy atom. The number of benzene rings is 2. The number of carbonyl (C=O) groups is 1. The Balaban J connectivity index is 2.08. The maximum Gasteiger partial charge on any atom is 0.335 e. The average Bonchev–Trinajstić information content (AvgIpc) is 2.46. The number of rotatable bonds is 4. The Labute approximate surface area is 121 Å². The van der Waals surface area contributed by atoms with Crippen molar-refractivity contribution in [1.82, 2.24) is 0 Å². The van der Waals surface area contributed by atoms with E-state index in [1.54, 1.807) is 24.3 Å². The summed E-state index contributed by atoms with van der Waals surface area (Å²) in [5.41, 5.74) is 1.76. The van der Waals surface area contributed by atoms with Gasteiger partial charge < -0.3 is 13.6 Å². The van der Waals surface area contributed by atoms with E-state index in [2.05, 4.69) is 0 Å². The summed E-state index contributed by atoms with van der Waals surface area (Å²) in [6.45, 7) is 0. The van der Waals surface area contributed by atoms with E-state index in [-0.39, 0.29) is 5.56 Å². The fourth-order valence-electron chi connectivity index (χ4n) is 1.40. The molecule has 4 nitrogen and oxygen atoms in total. The van der Waals surface area contributed by atoms with Gasteiger partial charge in [-0.15, -0.1) is 0 Å². The summed E-state index contributed by atoms with van der Waals surface area (Å²) >= 11 is -0.816. The molecule has 1 N–H and O–H groups in total. The molecule has 98 valence electrons. The molecule has 0 spiro atoms. The number of anilines is 1. The lowest BCUT2D eigenvalue weighted by Crippen LogP contribution is -1.99. The zero-order chi connectivity index (χ0) is 13.7. The average molecular weight is 368 g/mol. The van der Waals surface area contributed by atoms with E-state index in [1.165, 1.54) is 12.1 Å². The normalized spacial score (nSPS) is 11.0. The van der Waals surface area contributed by atoms with Gasteiger partial charge in [0.1, 0.15) is 0 Å². The van der Waals surface area contributed by atoms with Crippen molar-refractivity contribution in [2.24, 2.45) is 0 Å². The fourth-order valence-corrected chi connectivity index (χ4v) is 3.03. The molecule has 19 heavy (non-hydrogen) atoms. The standard InChI is InChI=1S/C14H11INO3/c17-14(18)12-8-6-11(7-9-12)10-15-16(19)13-4-2-1-3-5-13/h1-10H,(H,17,18)/q-1. The van der Waals surface area contributed by atoms with Gasteiger partial charge in [0.2, 0.25) is 0 Å². The van der Waals surface area contributed by atoms with Crippen LogP contribution in [-0.4, -0.2) is 15.1 Å². The molecular formula is C14H11INO3-. The smallest absolute Gasteiger partial charge is 0.335 e. The van der Waals surface area contributed by atoms with Crippen molar-refractivity contribution in [2.75, 3.05) is 3.28 Å². The molecule has 2 aromatic carbocycles. The molecule has 0 unspecified atom stereocenters. The summed E-state index contributed by atoms with van der Waals surface area (Å²) in [7, 11) is 0. The van der Waals surface area contributed by atoms with Gasteiger partial charge >= 0.3 is 5.97 Å². The van der Waals surface area contributed by atoms with E-state index >= 15 is 0 Å². The Morgan fingerprint density at radius 3 is 2.32 bits per heavy atom. The predicted molar refractivity (Wildman–Crippen MR) is 84.9 cm³/mol. The van der Waals surface area contributed by atoms with Crippen LogP contribution in [0, 0.1) is 5.21 Å². The topological polar surface area (TPSA) is 63.6 Å². The first-order chi connectivity index (χ1) is 9.16. The van der Waals surface area contributed by atoms with Gasteiger partial charge in [0.05, 0.1) is 5.56 Å². The zero-order valence-electron chi connectivity index (χ0n) is 9.86. The van der Waals surface area contributed by atoms with Crippen molar-refractivity contribution >= 4 is 36.7 Å². The maximum atomic E-state index is 11.8. The van der Waals surface area contributed by atoms with Gasteiger partial charge in [0, 0.05) is 5.69 Å². The van der Waals surface area contributed by atoms with Crippen LogP contribution in [0.3, 0.4) is 0 Å². The minimum absolute atomic E-state index is 0.248. The molecule has 0 saturated heterocycles. The van der Waals surface area contributed by atoms with Crippen molar-refractivity contribution in [2.45, 2.75) is 0 Å². The second-order valence-corrected chi connectivity index (χ2v) is 5.77. The third kappa shape index (κ3) is 3.87. The van der Waals surface area contributed by atoms with Crippen LogP contribution in [0.4, 0.5) is 5.69 Å². The van der Waals surface area contributed by atoms with Crippen LogP contribution in [-0.2, 0) is 0 Å². The summed E-state index contributed by atoms with van der Waals surface area (Å²) in [5.74, 6) is -0.948. The lowest BCUT2D eigenvalue weighted by molar-refractivity contribution is 0.0697. The third-order valence-electron chi connectivity index (χ3n) is 2.38. The number of carboxylic acids is 1. The van der Waals surface area contributed by atoms with Crippen molar-refractivity contribution in [3.05, 3.63) is 70.9 Å². The van der Waals surface area contributed by atoms with Gasteiger partial charge in [-0.1, -0.05) is 30.3 Å². The molecule has 0 heterocycles. The van der Waals surface area contributed by atoms with E-state index in [9.17, 15) is 10.0 Å². The molecule has 0 amide bonds. The van der Waals surface area contributed by atoms with Gasteiger partial charge in [0.15, 0.2) is 0 Å². The highest BCUT2D eigenvalue weighted by molar-refractivity contribution is 14.2. The van der Waals surface area contributed by atoms with Crippen LogP contribution < -0.4 is 3.28 Å². The molecule has 0 radical (unpaired) electrons. The SMILES string of the molecule is O=C(O)c1ccc(C=IN([O-])c2ccccc2)cc1. The second-order valence-electron chi connectivity index (χ2n) is 3.71. The highest BCUT2D eigenvalue weighted by atomic mass is 127. The van der Waals surface area contributed by atoms with Crippen LogP contribution in [0.2, 0.25) is 0 Å². The second kappa shape index (κ2) is 6.44. The third-order valence-corrected chi connectivity index (χ3v) is 4.44. The van der Waals surface area contributed by atoms with Crippen LogP contribution >= 0.6 is 21.0 Å². The van der Waals surface area contributed by atoms with Gasteiger partial charge in [-0.25, -0.2) is 4.79 Å². The molecule has 0 atom stereocenters. The van der Waals surface area contributed by atoms with Crippen LogP contribution in [0.1, 0.15) is 15.9 Å². The van der Waals surface area contributed by atoms with Crippen molar-refractivity contribution in [3.63, 3.8) is 0 Å². The first kappa shape index (κ1) is 13.7.